The summed E-state index contributed by atoms with van der Waals surface area (Å²) in [6.45, 7) is 1.95. The quantitative estimate of drug-likeness (QED) is 0.773. The molecule has 2 aromatic rings. The van der Waals surface area contributed by atoms with Gasteiger partial charge in [0.05, 0.1) is 4.90 Å². The molecule has 140 valence electrons. The summed E-state index contributed by atoms with van der Waals surface area (Å²) < 4.78 is 33.0. The summed E-state index contributed by atoms with van der Waals surface area (Å²) in [4.78, 5) is 0.283. The summed E-state index contributed by atoms with van der Waals surface area (Å²) in [5.74, 6) is 0. The number of hydrogen-bond donors (Lipinski definition) is 0. The molecule has 0 radical (unpaired) electrons. The second-order valence-electron chi connectivity index (χ2n) is 7.53. The normalized spacial score (nSPS) is 19.5. The first-order valence-electron chi connectivity index (χ1n) is 9.66. The second-order valence-corrected chi connectivity index (χ2v) is 10.1. The second kappa shape index (κ2) is 7.31. The molecular weight excluding hydrogens is 364 g/mol. The van der Waals surface area contributed by atoms with Crippen LogP contribution in [0.15, 0.2) is 33.6 Å². The van der Waals surface area contributed by atoms with Gasteiger partial charge in [-0.3, -0.25) is 3.96 Å². The largest absolute Gasteiger partial charge is 0.297 e. The SMILES string of the molecule is Cc1ccc(S(=O)(=O)/N=c2\sn(C3CCCCC3)c3c2CCCC3)cc1. The van der Waals surface area contributed by atoms with Gasteiger partial charge in [0.1, 0.15) is 0 Å². The molecule has 0 N–H and O–H groups in total. The highest BCUT2D eigenvalue weighted by atomic mass is 32.2. The highest BCUT2D eigenvalue weighted by Gasteiger charge is 2.25. The van der Waals surface area contributed by atoms with E-state index in [0.717, 1.165) is 24.8 Å². The Labute approximate surface area is 159 Å². The highest BCUT2D eigenvalue weighted by Crippen LogP contribution is 2.33. The van der Waals surface area contributed by atoms with Crippen molar-refractivity contribution in [3.05, 3.63) is 45.8 Å². The number of sulfonamides is 1. The zero-order valence-corrected chi connectivity index (χ0v) is 16.9. The molecule has 0 saturated heterocycles. The van der Waals surface area contributed by atoms with Gasteiger partial charge in [-0.05, 0) is 69.1 Å². The molecule has 1 aromatic carbocycles. The molecule has 0 bridgehead atoms. The van der Waals surface area contributed by atoms with E-state index in [1.807, 2.05) is 19.1 Å². The Bertz CT molecular complexity index is 947. The fourth-order valence-electron chi connectivity index (χ4n) is 4.12. The fraction of sp³-hybridized carbons (Fsp3) is 0.550. The van der Waals surface area contributed by atoms with Crippen molar-refractivity contribution in [2.45, 2.75) is 75.6 Å². The fourth-order valence-corrected chi connectivity index (χ4v) is 6.65. The molecule has 0 amide bonds. The first-order valence-corrected chi connectivity index (χ1v) is 11.9. The van der Waals surface area contributed by atoms with Crippen LogP contribution >= 0.6 is 11.5 Å². The van der Waals surface area contributed by atoms with Gasteiger partial charge in [0.2, 0.25) is 0 Å². The van der Waals surface area contributed by atoms with Crippen molar-refractivity contribution in [3.8, 4) is 0 Å². The van der Waals surface area contributed by atoms with Crippen molar-refractivity contribution >= 4 is 21.6 Å². The van der Waals surface area contributed by atoms with E-state index in [9.17, 15) is 8.42 Å². The van der Waals surface area contributed by atoms with Crippen LogP contribution in [0.4, 0.5) is 0 Å². The van der Waals surface area contributed by atoms with E-state index in [1.54, 1.807) is 23.7 Å². The lowest BCUT2D eigenvalue weighted by molar-refractivity contribution is 0.361. The third-order valence-corrected chi connectivity index (χ3v) is 8.21. The van der Waals surface area contributed by atoms with Crippen LogP contribution in [0.3, 0.4) is 0 Å². The first-order chi connectivity index (χ1) is 12.5. The minimum atomic E-state index is -3.66. The Morgan fingerprint density at radius 3 is 2.42 bits per heavy atom. The lowest BCUT2D eigenvalue weighted by atomic mass is 9.93. The van der Waals surface area contributed by atoms with Crippen LogP contribution in [0.1, 0.15) is 67.8 Å². The third-order valence-electron chi connectivity index (χ3n) is 5.58. The van der Waals surface area contributed by atoms with Crippen molar-refractivity contribution < 1.29 is 8.42 Å². The molecule has 0 spiro atoms. The van der Waals surface area contributed by atoms with Gasteiger partial charge in [0, 0.05) is 17.3 Å². The third kappa shape index (κ3) is 3.54. The van der Waals surface area contributed by atoms with Gasteiger partial charge in [-0.2, -0.15) is 8.42 Å². The topological polar surface area (TPSA) is 51.4 Å². The van der Waals surface area contributed by atoms with Crippen LogP contribution in [0.25, 0.3) is 0 Å². The van der Waals surface area contributed by atoms with E-state index in [0.29, 0.717) is 10.7 Å². The maximum absolute atomic E-state index is 12.8. The molecule has 4 nitrogen and oxygen atoms in total. The van der Waals surface area contributed by atoms with Crippen LogP contribution in [-0.4, -0.2) is 12.4 Å². The monoisotopic (exact) mass is 390 g/mol. The minimum absolute atomic E-state index is 0.283. The first kappa shape index (κ1) is 18.0. The molecule has 0 atom stereocenters. The molecule has 1 fully saturated rings. The van der Waals surface area contributed by atoms with Gasteiger partial charge in [0.25, 0.3) is 10.0 Å². The van der Waals surface area contributed by atoms with E-state index < -0.39 is 10.0 Å². The predicted octanol–water partition coefficient (Wildman–Crippen LogP) is 4.53. The number of fused-ring (bicyclic) bond motifs is 1. The van der Waals surface area contributed by atoms with Crippen LogP contribution in [0, 0.1) is 6.92 Å². The van der Waals surface area contributed by atoms with Crippen molar-refractivity contribution in [3.63, 3.8) is 0 Å². The van der Waals surface area contributed by atoms with Crippen molar-refractivity contribution in [1.29, 1.82) is 0 Å². The van der Waals surface area contributed by atoms with Crippen molar-refractivity contribution in [1.82, 2.24) is 3.96 Å². The Hall–Kier alpha value is -1.40. The lowest BCUT2D eigenvalue weighted by Gasteiger charge is -2.25. The summed E-state index contributed by atoms with van der Waals surface area (Å²) in [6.07, 6.45) is 10.6. The number of aryl methyl sites for hydroxylation is 1. The van der Waals surface area contributed by atoms with E-state index in [-0.39, 0.29) is 4.90 Å². The summed E-state index contributed by atoms with van der Waals surface area (Å²) in [7, 11) is -3.66. The standard InChI is InChI=1S/C20H26N2O2S2/c1-15-11-13-17(14-12-15)26(23,24)21-20-18-9-5-6-10-19(18)22(25-20)16-7-3-2-4-8-16/h11-14,16H,2-10H2,1H3/b21-20-. The minimum Gasteiger partial charge on any atom is -0.297 e. The molecule has 6 heteroatoms. The number of benzene rings is 1. The molecule has 26 heavy (non-hydrogen) atoms. The number of hydrogen-bond acceptors (Lipinski definition) is 3. The van der Waals surface area contributed by atoms with Gasteiger partial charge >= 0.3 is 0 Å². The average molecular weight is 391 g/mol. The molecule has 2 aliphatic carbocycles. The number of nitrogens with zero attached hydrogens (tertiary/aromatic N) is 2. The van der Waals surface area contributed by atoms with Crippen LogP contribution < -0.4 is 4.67 Å². The Balaban J connectivity index is 1.79. The summed E-state index contributed by atoms with van der Waals surface area (Å²) in [6, 6.07) is 7.50. The van der Waals surface area contributed by atoms with E-state index in [4.69, 9.17) is 0 Å². The molecule has 0 unspecified atom stereocenters. The molecule has 0 aliphatic heterocycles. The Morgan fingerprint density at radius 1 is 1.00 bits per heavy atom. The molecule has 2 aliphatic rings. The van der Waals surface area contributed by atoms with Gasteiger partial charge < -0.3 is 0 Å². The lowest BCUT2D eigenvalue weighted by Crippen LogP contribution is -2.16. The highest BCUT2D eigenvalue weighted by molar-refractivity contribution is 7.90. The van der Waals surface area contributed by atoms with Crippen LogP contribution in [-0.2, 0) is 22.9 Å². The molecule has 4 rings (SSSR count). The summed E-state index contributed by atoms with van der Waals surface area (Å²) >= 11 is 1.58. The predicted molar refractivity (Wildman–Crippen MR) is 105 cm³/mol. The summed E-state index contributed by atoms with van der Waals surface area (Å²) in [5.41, 5.74) is 3.58. The van der Waals surface area contributed by atoms with Gasteiger partial charge in [0.15, 0.2) is 4.67 Å². The Morgan fingerprint density at radius 2 is 1.69 bits per heavy atom. The van der Waals surface area contributed by atoms with E-state index in [1.165, 1.54) is 49.8 Å². The smallest absolute Gasteiger partial charge is 0.283 e. The van der Waals surface area contributed by atoms with Gasteiger partial charge in [-0.25, -0.2) is 0 Å². The zero-order chi connectivity index (χ0) is 18.1. The summed E-state index contributed by atoms with van der Waals surface area (Å²) in [5, 5.41) is 0. The molecular formula is C20H26N2O2S2. The van der Waals surface area contributed by atoms with Crippen molar-refractivity contribution in [2.75, 3.05) is 0 Å². The van der Waals surface area contributed by atoms with Crippen LogP contribution in [0.5, 0.6) is 0 Å². The maximum Gasteiger partial charge on any atom is 0.283 e. The van der Waals surface area contributed by atoms with Gasteiger partial charge in [-0.1, -0.05) is 37.0 Å². The molecule has 1 saturated carbocycles. The molecule has 1 aromatic heterocycles. The van der Waals surface area contributed by atoms with Crippen LogP contribution in [0.2, 0.25) is 0 Å². The maximum atomic E-state index is 12.8. The Kier molecular flexibility index (Phi) is 5.06. The number of rotatable bonds is 3. The van der Waals surface area contributed by atoms with E-state index >= 15 is 0 Å². The molecule has 1 heterocycles. The van der Waals surface area contributed by atoms with Crippen molar-refractivity contribution in [2.24, 2.45) is 4.40 Å². The zero-order valence-electron chi connectivity index (χ0n) is 15.3. The van der Waals surface area contributed by atoms with E-state index in [2.05, 4.69) is 8.35 Å². The van der Waals surface area contributed by atoms with Gasteiger partial charge in [-0.15, -0.1) is 4.40 Å². The number of aromatic nitrogens is 1. The average Bonchev–Trinajstić information content (AvgIpc) is 3.01.